The van der Waals surface area contributed by atoms with Gasteiger partial charge in [-0.05, 0) is 78.5 Å². The summed E-state index contributed by atoms with van der Waals surface area (Å²) in [5, 5.41) is 7.51. The molecule has 7 atom stereocenters. The molecule has 0 spiro atoms. The van der Waals surface area contributed by atoms with Crippen LogP contribution in [0.4, 0.5) is 5.82 Å². The molecular weight excluding hydrogens is 532 g/mol. The number of pyridine rings is 1. The molecule has 12 heteroatoms. The van der Waals surface area contributed by atoms with Crippen molar-refractivity contribution in [2.45, 2.75) is 50.5 Å². The normalized spacial score (nSPS) is 35.9. The second-order valence-electron chi connectivity index (χ2n) is 12.1. The Morgan fingerprint density at radius 1 is 1.15 bits per heavy atom. The van der Waals surface area contributed by atoms with Crippen molar-refractivity contribution in [1.29, 1.82) is 0 Å². The summed E-state index contributed by atoms with van der Waals surface area (Å²) in [6.07, 6.45) is 7.59. The molecule has 6 N–H and O–H groups in total. The zero-order valence-corrected chi connectivity index (χ0v) is 23.4. The van der Waals surface area contributed by atoms with Gasteiger partial charge in [0.15, 0.2) is 5.82 Å². The summed E-state index contributed by atoms with van der Waals surface area (Å²) in [5.41, 5.74) is 19.9. The third-order valence-electron chi connectivity index (χ3n) is 9.82. The van der Waals surface area contributed by atoms with E-state index in [0.29, 0.717) is 17.7 Å². The molecule has 0 amide bonds. The molecule has 3 aliphatic heterocycles. The number of nitrogens with two attached hydrogens (primary N) is 2. The number of hydrogen-bond donors (Lipinski definition) is 4. The Kier molecular flexibility index (Phi) is 5.50. The molecule has 2 aliphatic carbocycles. The van der Waals surface area contributed by atoms with Gasteiger partial charge in [0.2, 0.25) is 17.0 Å². The van der Waals surface area contributed by atoms with E-state index in [1.54, 1.807) is 5.01 Å². The number of halogens is 1. The summed E-state index contributed by atoms with van der Waals surface area (Å²) in [6.45, 7) is 5.45. The summed E-state index contributed by atoms with van der Waals surface area (Å²) < 4.78 is 0.859. The van der Waals surface area contributed by atoms with Crippen LogP contribution in [0.15, 0.2) is 28.7 Å². The van der Waals surface area contributed by atoms with Gasteiger partial charge in [-0.1, -0.05) is 12.5 Å². The van der Waals surface area contributed by atoms with Gasteiger partial charge in [0.05, 0.1) is 22.0 Å². The lowest BCUT2D eigenvalue weighted by molar-refractivity contribution is 0.161. The minimum Gasteiger partial charge on any atom is -0.368 e. The topological polar surface area (TPSA) is 134 Å². The van der Waals surface area contributed by atoms with E-state index in [1.807, 2.05) is 24.6 Å². The number of hydrogen-bond acceptors (Lipinski definition) is 11. The van der Waals surface area contributed by atoms with Crippen molar-refractivity contribution in [2.75, 3.05) is 24.6 Å². The van der Waals surface area contributed by atoms with Gasteiger partial charge < -0.3 is 11.1 Å². The van der Waals surface area contributed by atoms with Crippen LogP contribution >= 0.6 is 22.9 Å². The highest BCUT2D eigenvalue weighted by Crippen LogP contribution is 2.49. The highest BCUT2D eigenvalue weighted by molar-refractivity contribution is 7.18. The lowest BCUT2D eigenvalue weighted by Gasteiger charge is -2.32. The van der Waals surface area contributed by atoms with Crippen LogP contribution in [0.5, 0.6) is 0 Å². The molecule has 7 unspecified atom stereocenters. The molecule has 3 aromatic heterocycles. The predicted octanol–water partition coefficient (Wildman–Crippen LogP) is 2.84. The molecule has 10 nitrogen and oxygen atoms in total. The first-order valence-electron chi connectivity index (χ1n) is 13.9. The largest absolute Gasteiger partial charge is 0.368 e. The maximum Gasteiger partial charge on any atom is 0.225 e. The van der Waals surface area contributed by atoms with E-state index < -0.39 is 5.79 Å². The quantitative estimate of drug-likeness (QED) is 0.353. The molecule has 2 saturated heterocycles. The first-order chi connectivity index (χ1) is 18.9. The van der Waals surface area contributed by atoms with Crippen LogP contribution in [0.1, 0.15) is 48.5 Å². The van der Waals surface area contributed by atoms with E-state index in [-0.39, 0.29) is 17.3 Å². The highest BCUT2D eigenvalue weighted by Gasteiger charge is 2.50. The second kappa shape index (κ2) is 8.79. The predicted molar refractivity (Wildman–Crippen MR) is 153 cm³/mol. The fraction of sp³-hybridized carbons (Fsp3) is 0.556. The molecule has 204 valence electrons. The van der Waals surface area contributed by atoms with Crippen molar-refractivity contribution in [3.8, 4) is 0 Å². The number of thiophene rings is 1. The summed E-state index contributed by atoms with van der Waals surface area (Å²) >= 11 is 7.77. The molecule has 6 heterocycles. The van der Waals surface area contributed by atoms with Gasteiger partial charge in [-0.3, -0.25) is 15.6 Å². The number of aliphatic imine (C=N–C) groups is 1. The number of nitrogens with zero attached hydrogens (tertiary/aromatic N) is 6. The standard InChI is InChI=1S/C27H33ClN10S/c1-13-12-39-23-21(13)33-25(28)34-24(23)38-26(29)35-27(30,36-38)17-4-5-19(31-9-17)22-18-11-37(10-16(18)8-32-22)20-7-14-2-3-15(20)6-14/h4-5,9,12,14-16,18,20,22,32,36H,2-3,6-8,10-11,30H2,1H3,(H2,29,35). The van der Waals surface area contributed by atoms with E-state index in [1.165, 1.54) is 50.1 Å². The van der Waals surface area contributed by atoms with Crippen LogP contribution < -0.4 is 27.2 Å². The molecule has 2 bridgehead atoms. The molecule has 3 aromatic rings. The summed E-state index contributed by atoms with van der Waals surface area (Å²) in [4.78, 5) is 21.1. The number of aromatic nitrogens is 3. The van der Waals surface area contributed by atoms with Gasteiger partial charge in [-0.2, -0.15) is 10.4 Å². The Morgan fingerprint density at radius 3 is 2.82 bits per heavy atom. The maximum absolute atomic E-state index is 6.74. The molecule has 0 aromatic carbocycles. The molecule has 0 radical (unpaired) electrons. The number of rotatable bonds is 4. The zero-order chi connectivity index (χ0) is 26.5. The molecule has 4 fully saturated rings. The van der Waals surface area contributed by atoms with Gasteiger partial charge in [0.1, 0.15) is 0 Å². The van der Waals surface area contributed by atoms with Gasteiger partial charge in [-0.25, -0.2) is 15.0 Å². The minimum atomic E-state index is -1.27. The number of guanidine groups is 1. The Labute approximate surface area is 236 Å². The molecule has 39 heavy (non-hydrogen) atoms. The Bertz CT molecular complexity index is 1480. The third-order valence-corrected chi connectivity index (χ3v) is 11.1. The van der Waals surface area contributed by atoms with Gasteiger partial charge in [-0.15, -0.1) is 11.3 Å². The van der Waals surface area contributed by atoms with Crippen LogP contribution in [0, 0.1) is 30.6 Å². The van der Waals surface area contributed by atoms with E-state index in [2.05, 4.69) is 36.7 Å². The average molecular weight is 565 g/mol. The molecule has 2 saturated carbocycles. The van der Waals surface area contributed by atoms with Crippen LogP contribution in [0.2, 0.25) is 5.28 Å². The van der Waals surface area contributed by atoms with Crippen molar-refractivity contribution >= 4 is 44.9 Å². The Hall–Kier alpha value is -2.41. The molecule has 8 rings (SSSR count). The average Bonchev–Trinajstić information content (AvgIpc) is 3.76. The van der Waals surface area contributed by atoms with Crippen LogP contribution in [0.3, 0.4) is 0 Å². The van der Waals surface area contributed by atoms with E-state index in [4.69, 9.17) is 28.1 Å². The van der Waals surface area contributed by atoms with Crippen LogP contribution in [0.25, 0.3) is 10.2 Å². The highest BCUT2D eigenvalue weighted by atomic mass is 35.5. The van der Waals surface area contributed by atoms with E-state index in [9.17, 15) is 0 Å². The van der Waals surface area contributed by atoms with Gasteiger partial charge >= 0.3 is 0 Å². The number of likely N-dealkylation sites (tertiary alicyclic amines) is 1. The fourth-order valence-corrected chi connectivity index (χ4v) is 9.07. The first kappa shape index (κ1) is 24.4. The lowest BCUT2D eigenvalue weighted by Crippen LogP contribution is -2.53. The first-order valence-corrected chi connectivity index (χ1v) is 15.2. The van der Waals surface area contributed by atoms with Crippen molar-refractivity contribution in [3.05, 3.63) is 45.8 Å². The molecular formula is C27H33ClN10S. The van der Waals surface area contributed by atoms with Gasteiger partial charge in [0, 0.05) is 37.4 Å². The summed E-state index contributed by atoms with van der Waals surface area (Å²) in [5.74, 6) is 2.67. The SMILES string of the molecule is Cc1csc2c(N3NC(N)(c4ccc(C5NCC6CN(C7CC8CCC7C8)CC65)nc4)N=C3N)nc(Cl)nc12. The van der Waals surface area contributed by atoms with Crippen molar-refractivity contribution in [2.24, 2.45) is 40.1 Å². The van der Waals surface area contributed by atoms with Crippen molar-refractivity contribution in [3.63, 3.8) is 0 Å². The monoisotopic (exact) mass is 564 g/mol. The fourth-order valence-electron chi connectivity index (χ4n) is 7.94. The summed E-state index contributed by atoms with van der Waals surface area (Å²) in [6, 6.07) is 5.17. The van der Waals surface area contributed by atoms with Crippen LogP contribution in [-0.2, 0) is 5.79 Å². The van der Waals surface area contributed by atoms with Crippen molar-refractivity contribution < 1.29 is 0 Å². The number of aryl methyl sites for hydroxylation is 1. The van der Waals surface area contributed by atoms with Crippen molar-refractivity contribution in [1.82, 2.24) is 30.6 Å². The Balaban J connectivity index is 1.01. The Morgan fingerprint density at radius 2 is 2.05 bits per heavy atom. The van der Waals surface area contributed by atoms with E-state index in [0.717, 1.165) is 51.5 Å². The summed E-state index contributed by atoms with van der Waals surface area (Å²) in [7, 11) is 0. The smallest absolute Gasteiger partial charge is 0.225 e. The number of nitrogens with one attached hydrogen (secondary N) is 2. The zero-order valence-electron chi connectivity index (χ0n) is 21.8. The number of fused-ring (bicyclic) bond motifs is 4. The maximum atomic E-state index is 6.74. The van der Waals surface area contributed by atoms with Crippen LogP contribution in [-0.4, -0.2) is 51.5 Å². The van der Waals surface area contributed by atoms with E-state index >= 15 is 0 Å². The second-order valence-corrected chi connectivity index (χ2v) is 13.3. The lowest BCUT2D eigenvalue weighted by atomic mass is 9.92. The van der Waals surface area contributed by atoms with Gasteiger partial charge in [0.25, 0.3) is 0 Å². The number of hydrazine groups is 1. The minimum absolute atomic E-state index is 0.141. The third kappa shape index (κ3) is 3.82. The number of anilines is 1. The molecule has 5 aliphatic rings.